The van der Waals surface area contributed by atoms with Crippen LogP contribution in [0.2, 0.25) is 0 Å². The number of ether oxygens (including phenoxy) is 2. The molecular formula is C33H37FN8O3. The molecule has 1 unspecified atom stereocenters. The number of amides is 1. The fourth-order valence-corrected chi connectivity index (χ4v) is 5.65. The zero-order valence-corrected chi connectivity index (χ0v) is 25.4. The molecular weight excluding hydrogens is 575 g/mol. The van der Waals surface area contributed by atoms with Crippen LogP contribution >= 0.6 is 0 Å². The van der Waals surface area contributed by atoms with E-state index in [9.17, 15) is 10.1 Å². The maximum Gasteiger partial charge on any atom is 0.264 e. The number of nitrogen functional groups attached to an aromatic ring is 1. The van der Waals surface area contributed by atoms with E-state index in [0.29, 0.717) is 44.9 Å². The summed E-state index contributed by atoms with van der Waals surface area (Å²) in [7, 11) is 0. The van der Waals surface area contributed by atoms with E-state index in [2.05, 4.69) is 26.3 Å². The molecule has 0 bridgehead atoms. The van der Waals surface area contributed by atoms with Crippen LogP contribution in [0.1, 0.15) is 37.8 Å². The quantitative estimate of drug-likeness (QED) is 0.182. The summed E-state index contributed by atoms with van der Waals surface area (Å²) in [6, 6.07) is 15.1. The van der Waals surface area contributed by atoms with Crippen LogP contribution in [-0.2, 0) is 9.53 Å². The lowest BCUT2D eigenvalue weighted by Gasteiger charge is -2.39. The number of morpholine rings is 1. The predicted molar refractivity (Wildman–Crippen MR) is 169 cm³/mol. The third-order valence-corrected chi connectivity index (χ3v) is 8.04. The van der Waals surface area contributed by atoms with Crippen molar-refractivity contribution in [3.8, 4) is 17.6 Å². The van der Waals surface area contributed by atoms with Gasteiger partial charge in [0.2, 0.25) is 0 Å². The molecule has 0 saturated carbocycles. The molecule has 3 heterocycles. The van der Waals surface area contributed by atoms with Crippen molar-refractivity contribution < 1.29 is 18.7 Å². The van der Waals surface area contributed by atoms with Crippen molar-refractivity contribution in [2.45, 2.75) is 38.3 Å². The Morgan fingerprint density at radius 1 is 1.18 bits per heavy atom. The van der Waals surface area contributed by atoms with E-state index < -0.39 is 11.4 Å². The number of carbonyl (C=O) groups is 1. The number of nitrogens with two attached hydrogens (primary N) is 1. The molecule has 4 N–H and O–H groups in total. The van der Waals surface area contributed by atoms with Crippen molar-refractivity contribution in [3.05, 3.63) is 83.5 Å². The molecule has 2 fully saturated rings. The van der Waals surface area contributed by atoms with Gasteiger partial charge in [-0.2, -0.15) is 5.26 Å². The van der Waals surface area contributed by atoms with Crippen LogP contribution in [0.25, 0.3) is 0 Å². The summed E-state index contributed by atoms with van der Waals surface area (Å²) in [5, 5.41) is 22.1. The Kier molecular flexibility index (Phi) is 9.71. The van der Waals surface area contributed by atoms with Gasteiger partial charge in [-0.3, -0.25) is 15.1 Å². The summed E-state index contributed by atoms with van der Waals surface area (Å²) in [6.07, 6.45) is 4.43. The van der Waals surface area contributed by atoms with Crippen LogP contribution in [0.5, 0.6) is 11.5 Å². The number of rotatable bonds is 9. The number of carbonyl (C=O) groups excluding carboxylic acids is 1. The molecule has 0 spiro atoms. The average molecular weight is 613 g/mol. The molecule has 5 rings (SSSR count). The number of para-hydroxylation sites is 1. The predicted octanol–water partition coefficient (Wildman–Crippen LogP) is 4.37. The first-order chi connectivity index (χ1) is 21.7. The summed E-state index contributed by atoms with van der Waals surface area (Å²) >= 11 is 0. The Bertz CT molecular complexity index is 1620. The van der Waals surface area contributed by atoms with Gasteiger partial charge in [-0.15, -0.1) is 0 Å². The third-order valence-electron chi connectivity index (χ3n) is 8.04. The highest BCUT2D eigenvalue weighted by Gasteiger charge is 2.31. The topological polar surface area (TPSA) is 153 Å². The van der Waals surface area contributed by atoms with Gasteiger partial charge in [0.1, 0.15) is 46.9 Å². The van der Waals surface area contributed by atoms with Gasteiger partial charge in [0.15, 0.2) is 0 Å². The number of anilines is 2. The van der Waals surface area contributed by atoms with Crippen LogP contribution in [0, 0.1) is 22.6 Å². The summed E-state index contributed by atoms with van der Waals surface area (Å²) in [6.45, 7) is 7.47. The molecule has 0 aliphatic carbocycles. The second-order valence-electron chi connectivity index (χ2n) is 11.6. The maximum absolute atomic E-state index is 15.3. The second-order valence-corrected chi connectivity index (χ2v) is 11.6. The van der Waals surface area contributed by atoms with Gasteiger partial charge in [0, 0.05) is 49.4 Å². The fourth-order valence-electron chi connectivity index (χ4n) is 5.65. The van der Waals surface area contributed by atoms with Gasteiger partial charge >= 0.3 is 0 Å². The summed E-state index contributed by atoms with van der Waals surface area (Å²) in [5.41, 5.74) is 5.77. The SMILES string of the molecule is CC(C)(C=C(C#N)C(=O)N1CCCC(Nc2ncnc(N)c2C(=N)c2ccc(Oc3ccccc3)cc2F)C1)N1CCOCC1. The van der Waals surface area contributed by atoms with E-state index in [0.717, 1.165) is 13.1 Å². The minimum Gasteiger partial charge on any atom is -0.457 e. The van der Waals surface area contributed by atoms with Crippen molar-refractivity contribution in [3.63, 3.8) is 0 Å². The first kappa shape index (κ1) is 31.6. The summed E-state index contributed by atoms with van der Waals surface area (Å²) in [4.78, 5) is 25.8. The molecule has 2 aliphatic rings. The Balaban J connectivity index is 1.31. The van der Waals surface area contributed by atoms with Crippen LogP contribution in [-0.4, -0.2) is 82.4 Å². The molecule has 11 nitrogen and oxygen atoms in total. The van der Waals surface area contributed by atoms with E-state index >= 15 is 4.39 Å². The maximum atomic E-state index is 15.3. The van der Waals surface area contributed by atoms with Crippen LogP contribution in [0.3, 0.4) is 0 Å². The van der Waals surface area contributed by atoms with Crippen molar-refractivity contribution in [2.24, 2.45) is 0 Å². The van der Waals surface area contributed by atoms with Crippen molar-refractivity contribution in [1.82, 2.24) is 19.8 Å². The van der Waals surface area contributed by atoms with Crippen molar-refractivity contribution in [1.29, 1.82) is 10.7 Å². The smallest absolute Gasteiger partial charge is 0.264 e. The van der Waals surface area contributed by atoms with Crippen molar-refractivity contribution in [2.75, 3.05) is 50.4 Å². The Labute approximate surface area is 262 Å². The summed E-state index contributed by atoms with van der Waals surface area (Å²) in [5.74, 6) is 0.140. The van der Waals surface area contributed by atoms with Gasteiger partial charge < -0.3 is 25.4 Å². The van der Waals surface area contributed by atoms with Crippen LogP contribution in [0.15, 0.2) is 66.5 Å². The number of benzene rings is 2. The van der Waals surface area contributed by atoms with E-state index in [4.69, 9.17) is 20.6 Å². The standard InChI is InChI=1S/C33H37FN8O3/c1-33(2,42-13-15-44-16-14-42)18-22(19-35)32(43)41-12-6-7-23(20-41)40-31-28(30(37)38-21-39-31)29(36)26-11-10-25(17-27(26)34)45-24-8-4-3-5-9-24/h3-5,8-11,17-18,21,23,36H,6-7,12-16,20H2,1-2H3,(H3,37,38,39,40). The lowest BCUT2D eigenvalue weighted by molar-refractivity contribution is -0.127. The zero-order chi connectivity index (χ0) is 32.0. The van der Waals surface area contributed by atoms with Crippen molar-refractivity contribution >= 4 is 23.3 Å². The number of nitrogens with zero attached hydrogens (tertiary/aromatic N) is 5. The fraction of sp³-hybridized carbons (Fsp3) is 0.364. The molecule has 2 saturated heterocycles. The monoisotopic (exact) mass is 612 g/mol. The largest absolute Gasteiger partial charge is 0.457 e. The average Bonchev–Trinajstić information content (AvgIpc) is 3.04. The highest BCUT2D eigenvalue weighted by atomic mass is 19.1. The molecule has 45 heavy (non-hydrogen) atoms. The minimum absolute atomic E-state index is 0.00657. The molecule has 1 atom stereocenters. The second kappa shape index (κ2) is 13.8. The number of aromatic nitrogens is 2. The molecule has 2 aromatic carbocycles. The van der Waals surface area contributed by atoms with Gasteiger partial charge in [-0.1, -0.05) is 18.2 Å². The normalized spacial score (nSPS) is 17.8. The van der Waals surface area contributed by atoms with Gasteiger partial charge in [0.25, 0.3) is 5.91 Å². The zero-order valence-electron chi connectivity index (χ0n) is 25.4. The first-order valence-electron chi connectivity index (χ1n) is 14.9. The highest BCUT2D eigenvalue weighted by Crippen LogP contribution is 2.29. The number of halogens is 1. The molecule has 12 heteroatoms. The number of hydrogen-bond donors (Lipinski definition) is 3. The molecule has 0 radical (unpaired) electrons. The van der Waals surface area contributed by atoms with Gasteiger partial charge in [-0.25, -0.2) is 14.4 Å². The Morgan fingerprint density at radius 2 is 1.93 bits per heavy atom. The minimum atomic E-state index is -0.659. The molecule has 1 aromatic heterocycles. The Morgan fingerprint density at radius 3 is 2.64 bits per heavy atom. The van der Waals surface area contributed by atoms with E-state index in [1.807, 2.05) is 32.0 Å². The number of nitriles is 1. The summed E-state index contributed by atoms with van der Waals surface area (Å²) < 4.78 is 26.5. The molecule has 3 aromatic rings. The van der Waals surface area contributed by atoms with Gasteiger partial charge in [0.05, 0.1) is 24.5 Å². The lowest BCUT2D eigenvalue weighted by atomic mass is 9.97. The number of piperidine rings is 1. The first-order valence-corrected chi connectivity index (χ1v) is 14.9. The third kappa shape index (κ3) is 7.45. The number of nitrogens with one attached hydrogen (secondary N) is 2. The van der Waals surface area contributed by atoms with E-state index in [-0.39, 0.29) is 51.7 Å². The van der Waals surface area contributed by atoms with E-state index in [1.54, 1.807) is 29.2 Å². The van der Waals surface area contributed by atoms with E-state index in [1.165, 1.54) is 18.5 Å². The van der Waals surface area contributed by atoms with Gasteiger partial charge in [-0.05, 0) is 57.0 Å². The van der Waals surface area contributed by atoms with Crippen LogP contribution in [0.4, 0.5) is 16.0 Å². The number of hydrogen-bond acceptors (Lipinski definition) is 10. The lowest BCUT2D eigenvalue weighted by Crippen LogP contribution is -2.50. The highest BCUT2D eigenvalue weighted by molar-refractivity contribution is 6.16. The molecule has 1 amide bonds. The number of likely N-dealkylation sites (tertiary alicyclic amines) is 1. The van der Waals surface area contributed by atoms with Crippen LogP contribution < -0.4 is 15.8 Å². The molecule has 2 aliphatic heterocycles. The molecule has 234 valence electrons. The Hall–Kier alpha value is -4.86.